The van der Waals surface area contributed by atoms with Gasteiger partial charge in [0.2, 0.25) is 0 Å². The second-order valence-corrected chi connectivity index (χ2v) is 3.50. The number of imidazole rings is 1. The van der Waals surface area contributed by atoms with Crippen LogP contribution in [0.1, 0.15) is 11.3 Å². The van der Waals surface area contributed by atoms with Crippen molar-refractivity contribution >= 4 is 11.4 Å². The first-order chi connectivity index (χ1) is 7.25. The molecule has 1 aromatic heterocycles. The predicted molar refractivity (Wildman–Crippen MR) is 61.5 cm³/mol. The molecule has 2 aromatic rings. The van der Waals surface area contributed by atoms with E-state index in [1.54, 1.807) is 12.5 Å². The van der Waals surface area contributed by atoms with Crippen molar-refractivity contribution in [2.45, 2.75) is 13.5 Å². The molecule has 4 nitrogen and oxygen atoms in total. The molecule has 0 aliphatic carbocycles. The van der Waals surface area contributed by atoms with Crippen LogP contribution in [0.4, 0.5) is 11.4 Å². The zero-order chi connectivity index (χ0) is 10.7. The van der Waals surface area contributed by atoms with Crippen LogP contribution < -0.4 is 11.1 Å². The van der Waals surface area contributed by atoms with E-state index in [1.807, 2.05) is 25.1 Å². The molecule has 78 valence electrons. The fraction of sp³-hybridized carbons (Fsp3) is 0.182. The molecule has 4 N–H and O–H groups in total. The molecule has 4 heteroatoms. The van der Waals surface area contributed by atoms with E-state index in [1.165, 1.54) is 0 Å². The molecule has 0 unspecified atom stereocenters. The highest BCUT2D eigenvalue weighted by Gasteiger charge is 1.97. The van der Waals surface area contributed by atoms with Gasteiger partial charge in [0, 0.05) is 17.6 Å². The van der Waals surface area contributed by atoms with Gasteiger partial charge in [0.05, 0.1) is 18.6 Å². The summed E-state index contributed by atoms with van der Waals surface area (Å²) < 4.78 is 0. The Hall–Kier alpha value is -1.97. The van der Waals surface area contributed by atoms with Gasteiger partial charge < -0.3 is 16.0 Å². The first-order valence-corrected chi connectivity index (χ1v) is 4.83. The molecule has 0 saturated heterocycles. The first-order valence-electron chi connectivity index (χ1n) is 4.83. The Morgan fingerprint density at radius 2 is 2.33 bits per heavy atom. The third-order valence-electron chi connectivity index (χ3n) is 2.32. The lowest BCUT2D eigenvalue weighted by atomic mass is 10.2. The maximum Gasteiger partial charge on any atom is 0.0922 e. The predicted octanol–water partition coefficient (Wildman–Crippen LogP) is 1.91. The summed E-state index contributed by atoms with van der Waals surface area (Å²) in [4.78, 5) is 6.97. The smallest absolute Gasteiger partial charge is 0.0922 e. The van der Waals surface area contributed by atoms with Gasteiger partial charge in [-0.15, -0.1) is 0 Å². The van der Waals surface area contributed by atoms with Gasteiger partial charge >= 0.3 is 0 Å². The lowest BCUT2D eigenvalue weighted by molar-refractivity contribution is 1.07. The van der Waals surface area contributed by atoms with Crippen LogP contribution in [0.2, 0.25) is 0 Å². The molecular weight excluding hydrogens is 188 g/mol. The number of nitrogens with zero attached hydrogens (tertiary/aromatic N) is 1. The number of benzene rings is 1. The van der Waals surface area contributed by atoms with Gasteiger partial charge in [-0.25, -0.2) is 4.98 Å². The Labute approximate surface area is 88.5 Å². The summed E-state index contributed by atoms with van der Waals surface area (Å²) in [5.41, 5.74) is 9.79. The standard InChI is InChI=1S/C11H14N4/c1-8-2-3-9(4-11(8)12)14-6-10-5-13-7-15-10/h2-5,7,14H,6,12H2,1H3,(H,13,15). The molecule has 0 atom stereocenters. The summed E-state index contributed by atoms with van der Waals surface area (Å²) in [6.07, 6.45) is 3.46. The number of hydrogen-bond donors (Lipinski definition) is 3. The summed E-state index contributed by atoms with van der Waals surface area (Å²) >= 11 is 0. The van der Waals surface area contributed by atoms with Crippen molar-refractivity contribution < 1.29 is 0 Å². The molecule has 2 rings (SSSR count). The summed E-state index contributed by atoms with van der Waals surface area (Å²) in [5, 5.41) is 3.26. The summed E-state index contributed by atoms with van der Waals surface area (Å²) in [6, 6.07) is 5.96. The molecule has 0 fully saturated rings. The number of hydrogen-bond acceptors (Lipinski definition) is 3. The first kappa shape index (κ1) is 9.58. The minimum Gasteiger partial charge on any atom is -0.398 e. The maximum atomic E-state index is 5.81. The van der Waals surface area contributed by atoms with Crippen LogP contribution in [0.15, 0.2) is 30.7 Å². The van der Waals surface area contributed by atoms with Crippen LogP contribution in [0.25, 0.3) is 0 Å². The number of anilines is 2. The van der Waals surface area contributed by atoms with Gasteiger partial charge in [-0.2, -0.15) is 0 Å². The number of aromatic amines is 1. The van der Waals surface area contributed by atoms with Crippen molar-refractivity contribution in [1.82, 2.24) is 9.97 Å². The van der Waals surface area contributed by atoms with Crippen molar-refractivity contribution in [3.05, 3.63) is 42.0 Å². The summed E-state index contributed by atoms with van der Waals surface area (Å²) in [7, 11) is 0. The molecule has 15 heavy (non-hydrogen) atoms. The van der Waals surface area contributed by atoms with Crippen LogP contribution in [0.3, 0.4) is 0 Å². The van der Waals surface area contributed by atoms with Gasteiger partial charge in [0.25, 0.3) is 0 Å². The lowest BCUT2D eigenvalue weighted by Gasteiger charge is -2.07. The number of H-pyrrole nitrogens is 1. The Morgan fingerprint density at radius 1 is 1.47 bits per heavy atom. The Morgan fingerprint density at radius 3 is 3.00 bits per heavy atom. The molecule has 0 amide bonds. The van der Waals surface area contributed by atoms with Crippen LogP contribution in [0, 0.1) is 6.92 Å². The van der Waals surface area contributed by atoms with Gasteiger partial charge in [-0.3, -0.25) is 0 Å². The van der Waals surface area contributed by atoms with Crippen LogP contribution in [-0.2, 0) is 6.54 Å². The fourth-order valence-electron chi connectivity index (χ4n) is 1.33. The van der Waals surface area contributed by atoms with Crippen molar-refractivity contribution in [2.75, 3.05) is 11.1 Å². The fourth-order valence-corrected chi connectivity index (χ4v) is 1.33. The van der Waals surface area contributed by atoms with E-state index in [2.05, 4.69) is 15.3 Å². The minimum absolute atomic E-state index is 0.725. The number of rotatable bonds is 3. The second-order valence-electron chi connectivity index (χ2n) is 3.50. The van der Waals surface area contributed by atoms with Crippen molar-refractivity contribution in [3.8, 4) is 0 Å². The average Bonchev–Trinajstić information content (AvgIpc) is 2.73. The SMILES string of the molecule is Cc1ccc(NCc2cnc[nH]2)cc1N. The molecule has 1 aromatic carbocycles. The van der Waals surface area contributed by atoms with Gasteiger partial charge in [0.1, 0.15) is 0 Å². The number of nitrogens with one attached hydrogen (secondary N) is 2. The zero-order valence-corrected chi connectivity index (χ0v) is 8.62. The average molecular weight is 202 g/mol. The Kier molecular flexibility index (Phi) is 2.58. The van der Waals surface area contributed by atoms with Crippen molar-refractivity contribution in [3.63, 3.8) is 0 Å². The number of nitrogens with two attached hydrogens (primary N) is 1. The van der Waals surface area contributed by atoms with Crippen LogP contribution in [0.5, 0.6) is 0 Å². The molecule has 1 heterocycles. The topological polar surface area (TPSA) is 66.7 Å². The highest BCUT2D eigenvalue weighted by atomic mass is 14.9. The number of aryl methyl sites for hydroxylation is 1. The van der Waals surface area contributed by atoms with E-state index in [-0.39, 0.29) is 0 Å². The summed E-state index contributed by atoms with van der Waals surface area (Å²) in [6.45, 7) is 2.72. The Bertz CT molecular complexity index is 434. The maximum absolute atomic E-state index is 5.81. The number of aromatic nitrogens is 2. The van der Waals surface area contributed by atoms with E-state index >= 15 is 0 Å². The zero-order valence-electron chi connectivity index (χ0n) is 8.62. The third kappa shape index (κ3) is 2.28. The molecular formula is C11H14N4. The second kappa shape index (κ2) is 4.04. The van der Waals surface area contributed by atoms with Gasteiger partial charge in [0.15, 0.2) is 0 Å². The largest absolute Gasteiger partial charge is 0.398 e. The molecule has 0 bridgehead atoms. The molecule has 0 radical (unpaired) electrons. The monoisotopic (exact) mass is 202 g/mol. The van der Waals surface area contributed by atoms with E-state index in [0.717, 1.165) is 29.2 Å². The van der Waals surface area contributed by atoms with E-state index in [0.29, 0.717) is 0 Å². The molecule has 0 aliphatic heterocycles. The molecule has 0 spiro atoms. The summed E-state index contributed by atoms with van der Waals surface area (Å²) in [5.74, 6) is 0. The normalized spacial score (nSPS) is 10.2. The van der Waals surface area contributed by atoms with E-state index in [4.69, 9.17) is 5.73 Å². The highest BCUT2D eigenvalue weighted by molar-refractivity contribution is 5.58. The highest BCUT2D eigenvalue weighted by Crippen LogP contribution is 2.17. The van der Waals surface area contributed by atoms with Crippen molar-refractivity contribution in [1.29, 1.82) is 0 Å². The van der Waals surface area contributed by atoms with Crippen LogP contribution in [-0.4, -0.2) is 9.97 Å². The minimum atomic E-state index is 0.725. The van der Waals surface area contributed by atoms with Gasteiger partial charge in [-0.1, -0.05) is 6.07 Å². The quantitative estimate of drug-likeness (QED) is 0.666. The number of nitrogen functional groups attached to an aromatic ring is 1. The van der Waals surface area contributed by atoms with E-state index < -0.39 is 0 Å². The van der Waals surface area contributed by atoms with E-state index in [9.17, 15) is 0 Å². The van der Waals surface area contributed by atoms with Crippen molar-refractivity contribution in [2.24, 2.45) is 0 Å². The Balaban J connectivity index is 2.02. The molecule has 0 saturated carbocycles. The van der Waals surface area contributed by atoms with Gasteiger partial charge in [-0.05, 0) is 24.6 Å². The molecule has 0 aliphatic rings. The third-order valence-corrected chi connectivity index (χ3v) is 2.32. The van der Waals surface area contributed by atoms with Crippen LogP contribution >= 0.6 is 0 Å². The lowest BCUT2D eigenvalue weighted by Crippen LogP contribution is -2.00.